The summed E-state index contributed by atoms with van der Waals surface area (Å²) in [6.45, 7) is 1.83. The Balaban J connectivity index is 2.28. The van der Waals surface area contributed by atoms with Gasteiger partial charge < -0.3 is 0 Å². The molecular formula is C11H12N2O2. The number of carbonyl (C=O) groups excluding carboxylic acids is 2. The minimum absolute atomic E-state index is 0.0417. The molecule has 2 rings (SSSR count). The number of piperidine rings is 1. The van der Waals surface area contributed by atoms with Gasteiger partial charge in [0.25, 0.3) is 0 Å². The van der Waals surface area contributed by atoms with E-state index in [0.29, 0.717) is 6.42 Å². The summed E-state index contributed by atoms with van der Waals surface area (Å²) in [6, 6.07) is 3.72. The first-order valence-corrected chi connectivity index (χ1v) is 4.92. The van der Waals surface area contributed by atoms with Gasteiger partial charge >= 0.3 is 0 Å². The van der Waals surface area contributed by atoms with E-state index in [1.54, 1.807) is 12.4 Å². The van der Waals surface area contributed by atoms with Crippen molar-refractivity contribution in [1.29, 1.82) is 0 Å². The van der Waals surface area contributed by atoms with E-state index in [0.717, 1.165) is 5.56 Å². The maximum absolute atomic E-state index is 11.4. The van der Waals surface area contributed by atoms with Crippen molar-refractivity contribution in [3.63, 3.8) is 0 Å². The number of nitrogens with one attached hydrogen (secondary N) is 1. The molecule has 1 fully saturated rings. The Kier molecular flexibility index (Phi) is 2.49. The van der Waals surface area contributed by atoms with Crippen LogP contribution in [0.3, 0.4) is 0 Å². The summed E-state index contributed by atoms with van der Waals surface area (Å²) in [4.78, 5) is 26.7. The molecule has 0 aliphatic carbocycles. The second-order valence-corrected chi connectivity index (χ2v) is 3.80. The predicted octanol–water partition coefficient (Wildman–Crippen LogP) is 0.848. The van der Waals surface area contributed by atoms with Crippen molar-refractivity contribution in [3.8, 4) is 0 Å². The van der Waals surface area contributed by atoms with Gasteiger partial charge in [0.2, 0.25) is 11.8 Å². The molecule has 0 bridgehead atoms. The van der Waals surface area contributed by atoms with Crippen LogP contribution in [-0.4, -0.2) is 16.8 Å². The minimum atomic E-state index is -0.202. The lowest BCUT2D eigenvalue weighted by molar-refractivity contribution is -0.136. The van der Waals surface area contributed by atoms with Gasteiger partial charge in [-0.3, -0.25) is 19.9 Å². The molecular weight excluding hydrogens is 192 g/mol. The van der Waals surface area contributed by atoms with E-state index < -0.39 is 0 Å². The Morgan fingerprint density at radius 1 is 1.47 bits per heavy atom. The molecule has 0 spiro atoms. The van der Waals surface area contributed by atoms with Crippen LogP contribution in [0.5, 0.6) is 0 Å². The van der Waals surface area contributed by atoms with Crippen LogP contribution < -0.4 is 5.32 Å². The summed E-state index contributed by atoms with van der Waals surface area (Å²) in [5, 5.41) is 2.33. The van der Waals surface area contributed by atoms with Crippen molar-refractivity contribution in [3.05, 3.63) is 30.1 Å². The molecule has 1 aromatic rings. The van der Waals surface area contributed by atoms with Crippen LogP contribution in [-0.2, 0) is 9.59 Å². The number of imide groups is 1. The van der Waals surface area contributed by atoms with Gasteiger partial charge in [-0.15, -0.1) is 0 Å². The van der Waals surface area contributed by atoms with Gasteiger partial charge in [0, 0.05) is 30.7 Å². The molecule has 0 aromatic carbocycles. The topological polar surface area (TPSA) is 59.1 Å². The molecule has 1 aliphatic heterocycles. The van der Waals surface area contributed by atoms with Crippen molar-refractivity contribution in [2.45, 2.75) is 19.3 Å². The average molecular weight is 204 g/mol. The molecule has 0 saturated carbocycles. The van der Waals surface area contributed by atoms with E-state index in [-0.39, 0.29) is 23.7 Å². The Hall–Kier alpha value is -1.71. The molecule has 15 heavy (non-hydrogen) atoms. The Morgan fingerprint density at radius 3 is 2.93 bits per heavy atom. The van der Waals surface area contributed by atoms with E-state index in [4.69, 9.17) is 0 Å². The van der Waals surface area contributed by atoms with Gasteiger partial charge in [-0.1, -0.05) is 13.0 Å². The van der Waals surface area contributed by atoms with Gasteiger partial charge in [-0.25, -0.2) is 0 Å². The standard InChI is InChI=1S/C11H12N2O2/c1-7-9(5-10(14)13-11(7)15)8-3-2-4-12-6-8/h2-4,6-7,9H,5H2,1H3,(H,13,14,15). The van der Waals surface area contributed by atoms with Crippen LogP contribution >= 0.6 is 0 Å². The maximum Gasteiger partial charge on any atom is 0.230 e. The van der Waals surface area contributed by atoms with E-state index in [9.17, 15) is 9.59 Å². The fourth-order valence-electron chi connectivity index (χ4n) is 1.86. The monoisotopic (exact) mass is 204 g/mol. The number of nitrogens with zero attached hydrogens (tertiary/aromatic N) is 1. The highest BCUT2D eigenvalue weighted by atomic mass is 16.2. The molecule has 1 aromatic heterocycles. The summed E-state index contributed by atoms with van der Waals surface area (Å²) in [7, 11) is 0. The number of pyridine rings is 1. The second-order valence-electron chi connectivity index (χ2n) is 3.80. The molecule has 0 radical (unpaired) electrons. The predicted molar refractivity (Wildman–Crippen MR) is 53.9 cm³/mol. The van der Waals surface area contributed by atoms with Crippen molar-refractivity contribution < 1.29 is 9.59 Å². The normalized spacial score (nSPS) is 26.2. The molecule has 2 unspecified atom stereocenters. The van der Waals surface area contributed by atoms with Crippen molar-refractivity contribution in [1.82, 2.24) is 10.3 Å². The average Bonchev–Trinajstić information content (AvgIpc) is 2.24. The van der Waals surface area contributed by atoms with Crippen LogP contribution in [0, 0.1) is 5.92 Å². The second kappa shape index (κ2) is 3.81. The highest BCUT2D eigenvalue weighted by Gasteiger charge is 2.33. The van der Waals surface area contributed by atoms with Gasteiger partial charge in [-0.05, 0) is 11.6 Å². The number of hydrogen-bond donors (Lipinski definition) is 1. The number of hydrogen-bond acceptors (Lipinski definition) is 3. The van der Waals surface area contributed by atoms with Gasteiger partial charge in [0.05, 0.1) is 0 Å². The third kappa shape index (κ3) is 1.88. The van der Waals surface area contributed by atoms with E-state index >= 15 is 0 Å². The molecule has 78 valence electrons. The first-order chi connectivity index (χ1) is 7.18. The molecule has 1 N–H and O–H groups in total. The van der Waals surface area contributed by atoms with E-state index in [1.807, 2.05) is 19.1 Å². The fraction of sp³-hybridized carbons (Fsp3) is 0.364. The zero-order chi connectivity index (χ0) is 10.8. The van der Waals surface area contributed by atoms with Crippen LogP contribution in [0.15, 0.2) is 24.5 Å². The zero-order valence-corrected chi connectivity index (χ0v) is 8.43. The number of aromatic nitrogens is 1. The summed E-state index contributed by atoms with van der Waals surface area (Å²) < 4.78 is 0. The van der Waals surface area contributed by atoms with Gasteiger partial charge in [0.15, 0.2) is 0 Å². The molecule has 1 saturated heterocycles. The first kappa shape index (κ1) is 9.83. The highest BCUT2D eigenvalue weighted by Crippen LogP contribution is 2.30. The van der Waals surface area contributed by atoms with Crippen molar-refractivity contribution in [2.75, 3.05) is 0 Å². The summed E-state index contributed by atoms with van der Waals surface area (Å²) >= 11 is 0. The molecule has 4 heteroatoms. The Labute approximate surface area is 87.7 Å². The van der Waals surface area contributed by atoms with Crippen LogP contribution in [0.2, 0.25) is 0 Å². The lowest BCUT2D eigenvalue weighted by atomic mass is 9.82. The molecule has 1 aliphatic rings. The summed E-state index contributed by atoms with van der Waals surface area (Å²) in [5.74, 6) is -0.612. The van der Waals surface area contributed by atoms with Crippen molar-refractivity contribution in [2.24, 2.45) is 5.92 Å². The van der Waals surface area contributed by atoms with E-state index in [2.05, 4.69) is 10.3 Å². The lowest BCUT2D eigenvalue weighted by Gasteiger charge is -2.27. The summed E-state index contributed by atoms with van der Waals surface area (Å²) in [5.41, 5.74) is 0.952. The molecule has 4 nitrogen and oxygen atoms in total. The third-order valence-corrected chi connectivity index (χ3v) is 2.80. The van der Waals surface area contributed by atoms with Gasteiger partial charge in [-0.2, -0.15) is 0 Å². The number of carbonyl (C=O) groups is 2. The first-order valence-electron chi connectivity index (χ1n) is 4.92. The summed E-state index contributed by atoms with van der Waals surface area (Å²) in [6.07, 6.45) is 3.75. The van der Waals surface area contributed by atoms with Crippen molar-refractivity contribution >= 4 is 11.8 Å². The van der Waals surface area contributed by atoms with Crippen LogP contribution in [0.1, 0.15) is 24.8 Å². The third-order valence-electron chi connectivity index (χ3n) is 2.80. The largest absolute Gasteiger partial charge is 0.296 e. The molecule has 2 amide bonds. The van der Waals surface area contributed by atoms with E-state index in [1.165, 1.54) is 0 Å². The minimum Gasteiger partial charge on any atom is -0.296 e. The maximum atomic E-state index is 11.4. The Bertz CT molecular complexity index is 389. The fourth-order valence-corrected chi connectivity index (χ4v) is 1.86. The zero-order valence-electron chi connectivity index (χ0n) is 8.43. The smallest absolute Gasteiger partial charge is 0.230 e. The SMILES string of the molecule is CC1C(=O)NC(=O)CC1c1cccnc1. The lowest BCUT2D eigenvalue weighted by Crippen LogP contribution is -2.43. The number of amides is 2. The molecule has 2 atom stereocenters. The molecule has 2 heterocycles. The highest BCUT2D eigenvalue weighted by molar-refractivity contribution is 5.99. The van der Waals surface area contributed by atoms with Gasteiger partial charge in [0.1, 0.15) is 0 Å². The number of rotatable bonds is 1. The Morgan fingerprint density at radius 2 is 2.27 bits per heavy atom. The van der Waals surface area contributed by atoms with Crippen LogP contribution in [0.4, 0.5) is 0 Å². The van der Waals surface area contributed by atoms with Crippen LogP contribution in [0.25, 0.3) is 0 Å². The quantitative estimate of drug-likeness (QED) is 0.690.